The summed E-state index contributed by atoms with van der Waals surface area (Å²) in [5.74, 6) is -0.263. The minimum Gasteiger partial charge on any atom is -0.493 e. The molecule has 0 saturated heterocycles. The first-order chi connectivity index (χ1) is 20.5. The number of ether oxygens (including phenoxy) is 2. The third-order valence-corrected chi connectivity index (χ3v) is 7.37. The summed E-state index contributed by atoms with van der Waals surface area (Å²) >= 11 is 3.35. The fourth-order valence-corrected chi connectivity index (χ4v) is 5.09. The fraction of sp³-hybridized carbons (Fsp3) is 0.0294. The van der Waals surface area contributed by atoms with Crippen molar-refractivity contribution in [1.29, 1.82) is 0 Å². The number of H-pyrrole nitrogens is 1. The lowest BCUT2D eigenvalue weighted by Gasteiger charge is -2.10. The number of nitrogens with one attached hydrogen (secondary N) is 2. The van der Waals surface area contributed by atoms with Crippen molar-refractivity contribution < 1.29 is 19.1 Å². The minimum absolute atomic E-state index is 0.268. The second-order valence-corrected chi connectivity index (χ2v) is 10.4. The standard InChI is InChI=1S/C34H24BrN3O4/c1-41-29-19-21(11-18-28(29)42-34(40)24-12-15-25(35)16-13-24)20-36-38-33(39)32-30(23-8-3-2-4-9-23)27-17-14-22-7-5-6-10-26(22)31(27)37-32/h2-20,37H,1H3,(H,38,39). The van der Waals surface area contributed by atoms with Crippen molar-refractivity contribution in [2.45, 2.75) is 0 Å². The molecule has 0 saturated carbocycles. The summed E-state index contributed by atoms with van der Waals surface area (Å²) in [7, 11) is 1.49. The zero-order chi connectivity index (χ0) is 29.1. The van der Waals surface area contributed by atoms with Crippen molar-refractivity contribution in [2.75, 3.05) is 7.11 Å². The molecule has 1 amide bonds. The van der Waals surface area contributed by atoms with E-state index in [9.17, 15) is 9.59 Å². The van der Waals surface area contributed by atoms with Crippen LogP contribution in [-0.4, -0.2) is 30.2 Å². The molecule has 8 heteroatoms. The van der Waals surface area contributed by atoms with Gasteiger partial charge in [-0.2, -0.15) is 5.10 Å². The highest BCUT2D eigenvalue weighted by Crippen LogP contribution is 2.36. The van der Waals surface area contributed by atoms with Crippen LogP contribution in [0.5, 0.6) is 11.5 Å². The predicted octanol–water partition coefficient (Wildman–Crippen LogP) is 7.74. The number of amides is 1. The van der Waals surface area contributed by atoms with Crippen LogP contribution in [0.2, 0.25) is 0 Å². The van der Waals surface area contributed by atoms with Gasteiger partial charge in [-0.15, -0.1) is 0 Å². The van der Waals surface area contributed by atoms with Crippen LogP contribution in [0.3, 0.4) is 0 Å². The number of halogens is 1. The van der Waals surface area contributed by atoms with E-state index in [2.05, 4.69) is 37.5 Å². The van der Waals surface area contributed by atoms with Crippen molar-refractivity contribution in [3.05, 3.63) is 130 Å². The van der Waals surface area contributed by atoms with E-state index in [1.165, 1.54) is 13.3 Å². The van der Waals surface area contributed by atoms with E-state index in [0.717, 1.165) is 37.3 Å². The van der Waals surface area contributed by atoms with Gasteiger partial charge in [0.2, 0.25) is 0 Å². The molecule has 1 heterocycles. The van der Waals surface area contributed by atoms with Crippen molar-refractivity contribution in [3.63, 3.8) is 0 Å². The Bertz CT molecular complexity index is 1970. The van der Waals surface area contributed by atoms with Crippen LogP contribution in [-0.2, 0) is 0 Å². The van der Waals surface area contributed by atoms with Crippen LogP contribution in [0.25, 0.3) is 32.8 Å². The van der Waals surface area contributed by atoms with Crippen molar-refractivity contribution in [3.8, 4) is 22.6 Å². The molecule has 0 aliphatic carbocycles. The van der Waals surface area contributed by atoms with Gasteiger partial charge < -0.3 is 14.5 Å². The average molecular weight is 618 g/mol. The molecule has 0 aliphatic rings. The number of hydrazone groups is 1. The van der Waals surface area contributed by atoms with Gasteiger partial charge in [0.15, 0.2) is 11.5 Å². The van der Waals surface area contributed by atoms with Crippen molar-refractivity contribution in [2.24, 2.45) is 5.10 Å². The summed E-state index contributed by atoms with van der Waals surface area (Å²) in [6.07, 6.45) is 1.50. The predicted molar refractivity (Wildman–Crippen MR) is 168 cm³/mol. The summed E-state index contributed by atoms with van der Waals surface area (Å²) < 4.78 is 11.8. The lowest BCUT2D eigenvalue weighted by molar-refractivity contribution is 0.0729. The molecular formula is C34H24BrN3O4. The van der Waals surface area contributed by atoms with Gasteiger partial charge in [0, 0.05) is 20.8 Å². The van der Waals surface area contributed by atoms with E-state index in [1.54, 1.807) is 42.5 Å². The van der Waals surface area contributed by atoms with Crippen LogP contribution < -0.4 is 14.9 Å². The third kappa shape index (κ3) is 5.40. The second-order valence-electron chi connectivity index (χ2n) is 9.46. The number of aromatic nitrogens is 1. The van der Waals surface area contributed by atoms with E-state index in [4.69, 9.17) is 9.47 Å². The molecule has 1 aromatic heterocycles. The number of benzene rings is 5. The number of rotatable bonds is 7. The zero-order valence-corrected chi connectivity index (χ0v) is 24.0. The fourth-order valence-electron chi connectivity index (χ4n) is 4.83. The van der Waals surface area contributed by atoms with Crippen LogP contribution in [0.1, 0.15) is 26.4 Å². The summed E-state index contributed by atoms with van der Waals surface area (Å²) in [4.78, 5) is 29.4. The largest absolute Gasteiger partial charge is 0.493 e. The molecule has 42 heavy (non-hydrogen) atoms. The number of nitrogens with zero attached hydrogens (tertiary/aromatic N) is 1. The number of hydrogen-bond donors (Lipinski definition) is 2. The topological polar surface area (TPSA) is 92.8 Å². The molecular weight excluding hydrogens is 594 g/mol. The van der Waals surface area contributed by atoms with E-state index in [0.29, 0.717) is 22.6 Å². The smallest absolute Gasteiger partial charge is 0.343 e. The van der Waals surface area contributed by atoms with Crippen LogP contribution in [0, 0.1) is 0 Å². The number of hydrogen-bond acceptors (Lipinski definition) is 5. The Morgan fingerprint density at radius 1 is 0.833 bits per heavy atom. The Kier molecular flexibility index (Phi) is 7.53. The van der Waals surface area contributed by atoms with Crippen molar-refractivity contribution in [1.82, 2.24) is 10.4 Å². The Morgan fingerprint density at radius 3 is 2.38 bits per heavy atom. The zero-order valence-electron chi connectivity index (χ0n) is 22.4. The molecule has 5 aromatic carbocycles. The lowest BCUT2D eigenvalue weighted by atomic mass is 9.99. The molecule has 6 rings (SSSR count). The Hall–Kier alpha value is -5.21. The van der Waals surface area contributed by atoms with Crippen LogP contribution in [0.15, 0.2) is 119 Å². The highest BCUT2D eigenvalue weighted by Gasteiger charge is 2.20. The average Bonchev–Trinajstić information content (AvgIpc) is 3.43. The lowest BCUT2D eigenvalue weighted by Crippen LogP contribution is -2.18. The van der Waals surface area contributed by atoms with Crippen LogP contribution >= 0.6 is 15.9 Å². The molecule has 0 aliphatic heterocycles. The maximum atomic E-state index is 13.4. The van der Waals surface area contributed by atoms with E-state index >= 15 is 0 Å². The van der Waals surface area contributed by atoms with Gasteiger partial charge in [-0.3, -0.25) is 4.79 Å². The maximum absolute atomic E-state index is 13.4. The molecule has 0 bridgehead atoms. The van der Waals surface area contributed by atoms with Gasteiger partial charge in [0.05, 0.1) is 24.4 Å². The van der Waals surface area contributed by atoms with Gasteiger partial charge >= 0.3 is 5.97 Å². The van der Waals surface area contributed by atoms with E-state index in [1.807, 2.05) is 60.7 Å². The van der Waals surface area contributed by atoms with Crippen LogP contribution in [0.4, 0.5) is 0 Å². The number of fused-ring (bicyclic) bond motifs is 3. The minimum atomic E-state index is -0.505. The van der Waals surface area contributed by atoms with E-state index < -0.39 is 5.97 Å². The molecule has 0 unspecified atom stereocenters. The van der Waals surface area contributed by atoms with Crippen molar-refractivity contribution >= 4 is 55.7 Å². The summed E-state index contributed by atoms with van der Waals surface area (Å²) in [5, 5.41) is 7.26. The van der Waals surface area contributed by atoms with Gasteiger partial charge in [-0.25, -0.2) is 10.2 Å². The summed E-state index contributed by atoms with van der Waals surface area (Å²) in [5.41, 5.74) is 6.73. The Labute approximate surface area is 249 Å². The Morgan fingerprint density at radius 2 is 1.60 bits per heavy atom. The Balaban J connectivity index is 1.25. The first-order valence-electron chi connectivity index (χ1n) is 13.1. The maximum Gasteiger partial charge on any atom is 0.343 e. The number of carbonyl (C=O) groups excluding carboxylic acids is 2. The van der Waals surface area contributed by atoms with Gasteiger partial charge in [0.25, 0.3) is 5.91 Å². The molecule has 0 fully saturated rings. The number of aromatic amines is 1. The number of carbonyl (C=O) groups is 2. The highest BCUT2D eigenvalue weighted by molar-refractivity contribution is 9.10. The van der Waals surface area contributed by atoms with Gasteiger partial charge in [-0.05, 0) is 59.0 Å². The molecule has 6 aromatic rings. The van der Waals surface area contributed by atoms with Gasteiger partial charge in [0.1, 0.15) is 5.69 Å². The molecule has 2 N–H and O–H groups in total. The second kappa shape index (κ2) is 11.7. The first kappa shape index (κ1) is 27.0. The SMILES string of the molecule is COc1cc(C=NNC(=O)c2[nH]c3c(ccc4ccccc43)c2-c2ccccc2)ccc1OC(=O)c1ccc(Br)cc1. The monoisotopic (exact) mass is 617 g/mol. The molecule has 7 nitrogen and oxygen atoms in total. The summed E-state index contributed by atoms with van der Waals surface area (Å²) in [6.45, 7) is 0. The third-order valence-electron chi connectivity index (χ3n) is 6.84. The van der Waals surface area contributed by atoms with Gasteiger partial charge in [-0.1, -0.05) is 82.7 Å². The summed E-state index contributed by atoms with van der Waals surface area (Å²) in [6, 6.07) is 33.8. The first-order valence-corrected chi connectivity index (χ1v) is 13.9. The van der Waals surface area contributed by atoms with E-state index in [-0.39, 0.29) is 11.7 Å². The molecule has 206 valence electrons. The molecule has 0 atom stereocenters. The molecule has 0 radical (unpaired) electrons. The normalized spacial score (nSPS) is 11.2. The number of methoxy groups -OCH3 is 1. The highest BCUT2D eigenvalue weighted by atomic mass is 79.9. The molecule has 0 spiro atoms. The number of esters is 1. The quantitative estimate of drug-likeness (QED) is 0.0829.